The van der Waals surface area contributed by atoms with Crippen molar-refractivity contribution in [1.82, 2.24) is 5.16 Å². The van der Waals surface area contributed by atoms with E-state index in [2.05, 4.69) is 11.2 Å². The molecule has 1 aliphatic carbocycles. The Balaban J connectivity index is 2.49. The third-order valence-corrected chi connectivity index (χ3v) is 2.56. The minimum absolute atomic E-state index is 0.328. The molecule has 0 atom stereocenters. The third-order valence-electron chi connectivity index (χ3n) is 2.56. The highest BCUT2D eigenvalue weighted by atomic mass is 16.5. The molecule has 1 aromatic heterocycles. The van der Waals surface area contributed by atoms with Crippen molar-refractivity contribution in [2.75, 3.05) is 0 Å². The molecule has 0 aromatic carbocycles. The van der Waals surface area contributed by atoms with Crippen LogP contribution in [0.4, 0.5) is 0 Å². The number of nitriles is 1. The number of nitrogens with zero attached hydrogens (tertiary/aromatic N) is 2. The van der Waals surface area contributed by atoms with Crippen molar-refractivity contribution in [3.8, 4) is 6.07 Å². The normalized spacial score (nSPS) is 18.8. The first kappa shape index (κ1) is 7.35. The molecule has 0 saturated heterocycles. The molecule has 1 aliphatic rings. The number of aryl methyl sites for hydroxylation is 1. The molecule has 1 heterocycles. The van der Waals surface area contributed by atoms with E-state index in [-0.39, 0.29) is 5.41 Å². The van der Waals surface area contributed by atoms with E-state index < -0.39 is 0 Å². The number of rotatable bonds is 1. The van der Waals surface area contributed by atoms with Gasteiger partial charge in [0.1, 0.15) is 5.41 Å². The summed E-state index contributed by atoms with van der Waals surface area (Å²) >= 11 is 0. The second-order valence-corrected chi connectivity index (χ2v) is 3.42. The Labute approximate surface area is 71.0 Å². The summed E-state index contributed by atoms with van der Waals surface area (Å²) in [5, 5.41) is 12.8. The van der Waals surface area contributed by atoms with Crippen LogP contribution < -0.4 is 0 Å². The lowest BCUT2D eigenvalue weighted by Gasteiger charge is -1.99. The lowest BCUT2D eigenvalue weighted by Crippen LogP contribution is -2.02. The van der Waals surface area contributed by atoms with E-state index in [4.69, 9.17) is 9.78 Å². The van der Waals surface area contributed by atoms with Gasteiger partial charge < -0.3 is 4.52 Å². The number of hydrogen-bond donors (Lipinski definition) is 0. The average Bonchev–Trinajstić information content (AvgIpc) is 2.79. The summed E-state index contributed by atoms with van der Waals surface area (Å²) in [6.45, 7) is 3.86. The van der Waals surface area contributed by atoms with E-state index in [1.165, 1.54) is 0 Å². The van der Waals surface area contributed by atoms with Crippen molar-refractivity contribution in [2.24, 2.45) is 0 Å². The SMILES string of the molecule is Cc1noc(C2(C#N)CC2)c1C. The number of hydrogen-bond acceptors (Lipinski definition) is 3. The Kier molecular flexibility index (Phi) is 1.29. The Morgan fingerprint density at radius 2 is 2.17 bits per heavy atom. The van der Waals surface area contributed by atoms with Gasteiger partial charge >= 0.3 is 0 Å². The zero-order chi connectivity index (χ0) is 8.77. The van der Waals surface area contributed by atoms with Crippen molar-refractivity contribution in [2.45, 2.75) is 32.1 Å². The molecule has 0 aliphatic heterocycles. The minimum atomic E-state index is -0.328. The second-order valence-electron chi connectivity index (χ2n) is 3.42. The van der Waals surface area contributed by atoms with E-state index in [1.54, 1.807) is 0 Å². The van der Waals surface area contributed by atoms with E-state index in [0.29, 0.717) is 0 Å². The second kappa shape index (κ2) is 2.10. The molecule has 0 spiro atoms. The molecule has 62 valence electrons. The monoisotopic (exact) mass is 162 g/mol. The van der Waals surface area contributed by atoms with Crippen molar-refractivity contribution in [1.29, 1.82) is 5.26 Å². The van der Waals surface area contributed by atoms with Crippen LogP contribution in [0.2, 0.25) is 0 Å². The van der Waals surface area contributed by atoms with Crippen LogP contribution in [0.3, 0.4) is 0 Å². The highest BCUT2D eigenvalue weighted by molar-refractivity contribution is 5.38. The summed E-state index contributed by atoms with van der Waals surface area (Å²) in [5.41, 5.74) is 1.60. The minimum Gasteiger partial charge on any atom is -0.359 e. The quantitative estimate of drug-likeness (QED) is 0.633. The maximum absolute atomic E-state index is 8.91. The topological polar surface area (TPSA) is 49.8 Å². The predicted molar refractivity (Wildman–Crippen MR) is 42.5 cm³/mol. The van der Waals surface area contributed by atoms with Gasteiger partial charge in [0, 0.05) is 5.56 Å². The molecular weight excluding hydrogens is 152 g/mol. The fourth-order valence-electron chi connectivity index (χ4n) is 1.38. The predicted octanol–water partition coefficient (Wildman–Crippen LogP) is 1.85. The van der Waals surface area contributed by atoms with Gasteiger partial charge in [-0.05, 0) is 26.7 Å². The van der Waals surface area contributed by atoms with Gasteiger partial charge in [0.2, 0.25) is 0 Å². The summed E-state index contributed by atoms with van der Waals surface area (Å²) in [6, 6.07) is 2.29. The molecule has 0 amide bonds. The largest absolute Gasteiger partial charge is 0.359 e. The zero-order valence-corrected chi connectivity index (χ0v) is 7.22. The van der Waals surface area contributed by atoms with Crippen molar-refractivity contribution in [3.05, 3.63) is 17.0 Å². The lowest BCUT2D eigenvalue weighted by atomic mass is 10.0. The fourth-order valence-corrected chi connectivity index (χ4v) is 1.38. The highest BCUT2D eigenvalue weighted by Gasteiger charge is 2.49. The molecule has 12 heavy (non-hydrogen) atoms. The Morgan fingerprint density at radius 1 is 1.50 bits per heavy atom. The lowest BCUT2D eigenvalue weighted by molar-refractivity contribution is 0.366. The third kappa shape index (κ3) is 0.781. The van der Waals surface area contributed by atoms with Gasteiger partial charge in [-0.15, -0.1) is 0 Å². The van der Waals surface area contributed by atoms with Crippen molar-refractivity contribution >= 4 is 0 Å². The van der Waals surface area contributed by atoms with Crippen LogP contribution in [-0.4, -0.2) is 5.16 Å². The summed E-state index contributed by atoms with van der Waals surface area (Å²) in [5.74, 6) is 0.780. The van der Waals surface area contributed by atoms with E-state index in [9.17, 15) is 0 Å². The molecule has 0 unspecified atom stereocenters. The van der Waals surface area contributed by atoms with E-state index >= 15 is 0 Å². The number of aromatic nitrogens is 1. The van der Waals surface area contributed by atoms with Gasteiger partial charge in [0.05, 0.1) is 11.8 Å². The van der Waals surface area contributed by atoms with Crippen LogP contribution in [0.5, 0.6) is 0 Å². The molecule has 1 fully saturated rings. The first-order valence-corrected chi connectivity index (χ1v) is 4.04. The Morgan fingerprint density at radius 3 is 2.50 bits per heavy atom. The summed E-state index contributed by atoms with van der Waals surface area (Å²) in [6.07, 6.45) is 1.83. The summed E-state index contributed by atoms with van der Waals surface area (Å²) in [4.78, 5) is 0. The molecule has 0 N–H and O–H groups in total. The van der Waals surface area contributed by atoms with E-state index in [1.807, 2.05) is 13.8 Å². The Bertz CT molecular complexity index is 355. The van der Waals surface area contributed by atoms with Gasteiger partial charge in [-0.2, -0.15) is 5.26 Å². The van der Waals surface area contributed by atoms with Gasteiger partial charge in [0.25, 0.3) is 0 Å². The van der Waals surface area contributed by atoms with Gasteiger partial charge in [-0.25, -0.2) is 0 Å². The molecule has 0 bridgehead atoms. The maximum atomic E-state index is 8.91. The first-order chi connectivity index (χ1) is 5.69. The zero-order valence-electron chi connectivity index (χ0n) is 7.22. The van der Waals surface area contributed by atoms with Crippen LogP contribution in [0, 0.1) is 25.2 Å². The molecular formula is C9H10N2O. The van der Waals surface area contributed by atoms with Crippen LogP contribution in [0.1, 0.15) is 29.9 Å². The van der Waals surface area contributed by atoms with Crippen LogP contribution in [0.15, 0.2) is 4.52 Å². The average molecular weight is 162 g/mol. The van der Waals surface area contributed by atoms with Crippen LogP contribution in [0.25, 0.3) is 0 Å². The summed E-state index contributed by atoms with van der Waals surface area (Å²) in [7, 11) is 0. The summed E-state index contributed by atoms with van der Waals surface area (Å²) < 4.78 is 5.14. The maximum Gasteiger partial charge on any atom is 0.160 e. The van der Waals surface area contributed by atoms with Crippen LogP contribution in [-0.2, 0) is 5.41 Å². The highest BCUT2D eigenvalue weighted by Crippen LogP contribution is 2.48. The van der Waals surface area contributed by atoms with Crippen molar-refractivity contribution < 1.29 is 4.52 Å². The first-order valence-electron chi connectivity index (χ1n) is 4.04. The van der Waals surface area contributed by atoms with Gasteiger partial charge in [-0.1, -0.05) is 5.16 Å². The van der Waals surface area contributed by atoms with Crippen molar-refractivity contribution in [3.63, 3.8) is 0 Å². The molecule has 3 nitrogen and oxygen atoms in total. The molecule has 3 heteroatoms. The smallest absolute Gasteiger partial charge is 0.160 e. The molecule has 1 saturated carbocycles. The van der Waals surface area contributed by atoms with Gasteiger partial charge in [-0.3, -0.25) is 0 Å². The van der Waals surface area contributed by atoms with Crippen LogP contribution >= 0.6 is 0 Å². The Hall–Kier alpha value is -1.30. The molecule has 1 aromatic rings. The van der Waals surface area contributed by atoms with E-state index in [0.717, 1.165) is 29.9 Å². The fraction of sp³-hybridized carbons (Fsp3) is 0.556. The molecule has 2 rings (SSSR count). The standard InChI is InChI=1S/C9H10N2O/c1-6-7(2)11-12-8(6)9(5-10)3-4-9/h3-4H2,1-2H3. The van der Waals surface area contributed by atoms with Gasteiger partial charge in [0.15, 0.2) is 5.76 Å². The molecule has 0 radical (unpaired) electrons.